The summed E-state index contributed by atoms with van der Waals surface area (Å²) < 4.78 is 0. The maximum Gasteiger partial charge on any atom is 0.226 e. The van der Waals surface area contributed by atoms with Crippen molar-refractivity contribution in [2.24, 2.45) is 11.8 Å². The Morgan fingerprint density at radius 1 is 1.45 bits per heavy atom. The average Bonchev–Trinajstić information content (AvgIpc) is 2.95. The first-order valence-electron chi connectivity index (χ1n) is 8.52. The Hall–Kier alpha value is -1.01. The van der Waals surface area contributed by atoms with E-state index in [1.54, 1.807) is 0 Å². The minimum atomic E-state index is 0.0642. The fraction of sp³-hybridized carbons (Fsp3) is 0.812. The van der Waals surface area contributed by atoms with Crippen LogP contribution in [0.2, 0.25) is 0 Å². The number of aryl methyl sites for hydroxylation is 1. The maximum absolute atomic E-state index is 12.1. The van der Waals surface area contributed by atoms with Crippen LogP contribution in [0.4, 0.5) is 5.13 Å². The molecule has 2 atom stereocenters. The molecule has 2 N–H and O–H groups in total. The third-order valence-electron chi connectivity index (χ3n) is 4.35. The number of aromatic nitrogens is 2. The van der Waals surface area contributed by atoms with Gasteiger partial charge in [-0.25, -0.2) is 0 Å². The lowest BCUT2D eigenvalue weighted by Crippen LogP contribution is -2.34. The molecule has 2 rings (SSSR count). The smallest absolute Gasteiger partial charge is 0.226 e. The van der Waals surface area contributed by atoms with E-state index in [0.29, 0.717) is 23.4 Å². The molecule has 22 heavy (non-hydrogen) atoms. The molecule has 0 aromatic carbocycles. The zero-order valence-electron chi connectivity index (χ0n) is 13.7. The molecule has 1 aliphatic heterocycles. The number of anilines is 1. The number of unbranched alkanes of at least 4 members (excludes halogenated alkanes) is 2. The highest BCUT2D eigenvalue weighted by Gasteiger charge is 2.22. The standard InChI is InChI=1S/C16H28N4OS/c1-3-4-5-8-15-19-20-16(22-15)18-14(21)10-12(2)13-7-6-9-17-11-13/h12-13,17H,3-11H2,1-2H3,(H,18,20,21). The number of hydrogen-bond donors (Lipinski definition) is 2. The normalized spacial score (nSPS) is 19.8. The summed E-state index contributed by atoms with van der Waals surface area (Å²) in [6.07, 6.45) is 7.54. The van der Waals surface area contributed by atoms with Crippen LogP contribution < -0.4 is 10.6 Å². The second-order valence-corrected chi connectivity index (χ2v) is 7.36. The summed E-state index contributed by atoms with van der Waals surface area (Å²) in [5, 5.41) is 16.2. The van der Waals surface area contributed by atoms with Crippen LogP contribution in [0.3, 0.4) is 0 Å². The van der Waals surface area contributed by atoms with E-state index >= 15 is 0 Å². The van der Waals surface area contributed by atoms with E-state index in [2.05, 4.69) is 34.7 Å². The van der Waals surface area contributed by atoms with Crippen LogP contribution in [0, 0.1) is 11.8 Å². The zero-order valence-corrected chi connectivity index (χ0v) is 14.5. The Morgan fingerprint density at radius 2 is 2.32 bits per heavy atom. The van der Waals surface area contributed by atoms with Crippen molar-refractivity contribution in [3.05, 3.63) is 5.01 Å². The molecule has 0 aliphatic carbocycles. The molecule has 0 radical (unpaired) electrons. The van der Waals surface area contributed by atoms with Crippen LogP contribution >= 0.6 is 11.3 Å². The Labute approximate surface area is 137 Å². The summed E-state index contributed by atoms with van der Waals surface area (Å²) in [6.45, 7) is 6.51. The van der Waals surface area contributed by atoms with Gasteiger partial charge in [0.1, 0.15) is 5.01 Å². The molecule has 0 saturated carbocycles. The summed E-state index contributed by atoms with van der Waals surface area (Å²) >= 11 is 1.51. The summed E-state index contributed by atoms with van der Waals surface area (Å²) in [6, 6.07) is 0. The summed E-state index contributed by atoms with van der Waals surface area (Å²) in [4.78, 5) is 12.1. The fourth-order valence-electron chi connectivity index (χ4n) is 2.93. The van der Waals surface area contributed by atoms with Crippen LogP contribution in [0.5, 0.6) is 0 Å². The van der Waals surface area contributed by atoms with Gasteiger partial charge in [-0.2, -0.15) is 0 Å². The number of amides is 1. The van der Waals surface area contributed by atoms with Crippen molar-refractivity contribution < 1.29 is 4.79 Å². The van der Waals surface area contributed by atoms with Crippen LogP contribution in [-0.4, -0.2) is 29.2 Å². The highest BCUT2D eigenvalue weighted by atomic mass is 32.1. The minimum absolute atomic E-state index is 0.0642. The van der Waals surface area contributed by atoms with E-state index in [9.17, 15) is 4.79 Å². The van der Waals surface area contributed by atoms with E-state index in [1.807, 2.05) is 0 Å². The first-order chi connectivity index (χ1) is 10.7. The number of nitrogens with one attached hydrogen (secondary N) is 2. The quantitative estimate of drug-likeness (QED) is 0.720. The van der Waals surface area contributed by atoms with Gasteiger partial charge in [0.15, 0.2) is 0 Å². The van der Waals surface area contributed by atoms with Crippen molar-refractivity contribution in [2.45, 2.75) is 58.8 Å². The van der Waals surface area contributed by atoms with E-state index in [1.165, 1.54) is 37.0 Å². The predicted molar refractivity (Wildman–Crippen MR) is 91.1 cm³/mol. The number of rotatable bonds is 8. The molecule has 1 aromatic heterocycles. The highest BCUT2D eigenvalue weighted by Crippen LogP contribution is 2.24. The van der Waals surface area contributed by atoms with Crippen molar-refractivity contribution in [1.82, 2.24) is 15.5 Å². The van der Waals surface area contributed by atoms with Crippen LogP contribution in [0.15, 0.2) is 0 Å². The number of hydrogen-bond acceptors (Lipinski definition) is 5. The van der Waals surface area contributed by atoms with Gasteiger partial charge >= 0.3 is 0 Å². The Balaban J connectivity index is 1.74. The number of piperidine rings is 1. The SMILES string of the molecule is CCCCCc1nnc(NC(=O)CC(C)C2CCCNC2)s1. The van der Waals surface area contributed by atoms with Crippen molar-refractivity contribution in [3.8, 4) is 0 Å². The molecule has 1 aromatic rings. The largest absolute Gasteiger partial charge is 0.316 e. The van der Waals surface area contributed by atoms with E-state index in [-0.39, 0.29) is 5.91 Å². The molecule has 6 heteroatoms. The molecule has 2 unspecified atom stereocenters. The van der Waals surface area contributed by atoms with Crippen molar-refractivity contribution in [1.29, 1.82) is 0 Å². The van der Waals surface area contributed by atoms with Crippen LogP contribution in [0.1, 0.15) is 57.4 Å². The van der Waals surface area contributed by atoms with Crippen molar-refractivity contribution in [2.75, 3.05) is 18.4 Å². The Morgan fingerprint density at radius 3 is 3.05 bits per heavy atom. The van der Waals surface area contributed by atoms with E-state index < -0.39 is 0 Å². The minimum Gasteiger partial charge on any atom is -0.316 e. The molecule has 0 spiro atoms. The molecule has 124 valence electrons. The molecule has 1 aliphatic rings. The summed E-state index contributed by atoms with van der Waals surface area (Å²) in [7, 11) is 0. The zero-order chi connectivity index (χ0) is 15.8. The summed E-state index contributed by atoms with van der Waals surface area (Å²) in [5.41, 5.74) is 0. The number of nitrogens with zero attached hydrogens (tertiary/aromatic N) is 2. The van der Waals surface area contributed by atoms with E-state index in [0.717, 1.165) is 30.9 Å². The van der Waals surface area contributed by atoms with Crippen LogP contribution in [0.25, 0.3) is 0 Å². The first kappa shape index (κ1) is 17.3. The second kappa shape index (κ2) is 9.20. The van der Waals surface area contributed by atoms with Crippen molar-refractivity contribution in [3.63, 3.8) is 0 Å². The van der Waals surface area contributed by atoms with Crippen LogP contribution in [-0.2, 0) is 11.2 Å². The van der Waals surface area contributed by atoms with Gasteiger partial charge < -0.3 is 10.6 Å². The van der Waals surface area contributed by atoms with Crippen molar-refractivity contribution >= 4 is 22.4 Å². The molecule has 2 heterocycles. The fourth-order valence-corrected chi connectivity index (χ4v) is 3.72. The molecule has 1 fully saturated rings. The van der Waals surface area contributed by atoms with Gasteiger partial charge in [-0.05, 0) is 44.2 Å². The van der Waals surface area contributed by atoms with Gasteiger partial charge in [-0.3, -0.25) is 4.79 Å². The molecule has 0 bridgehead atoms. The monoisotopic (exact) mass is 324 g/mol. The molecular formula is C16H28N4OS. The lowest BCUT2D eigenvalue weighted by molar-refractivity contribution is -0.117. The van der Waals surface area contributed by atoms with Gasteiger partial charge in [-0.15, -0.1) is 10.2 Å². The lowest BCUT2D eigenvalue weighted by atomic mass is 9.85. The average molecular weight is 324 g/mol. The summed E-state index contributed by atoms with van der Waals surface area (Å²) in [5.74, 6) is 1.08. The molecule has 1 saturated heterocycles. The molecular weight excluding hydrogens is 296 g/mol. The number of carbonyl (C=O) groups is 1. The van der Waals surface area contributed by atoms with Gasteiger partial charge in [0.2, 0.25) is 11.0 Å². The third kappa shape index (κ3) is 5.65. The van der Waals surface area contributed by atoms with Gasteiger partial charge in [0.25, 0.3) is 0 Å². The Bertz CT molecular complexity index is 457. The molecule has 1 amide bonds. The second-order valence-electron chi connectivity index (χ2n) is 6.29. The first-order valence-corrected chi connectivity index (χ1v) is 9.33. The molecule has 5 nitrogen and oxygen atoms in total. The Kier molecular flexibility index (Phi) is 7.25. The topological polar surface area (TPSA) is 66.9 Å². The lowest BCUT2D eigenvalue weighted by Gasteiger charge is -2.27. The van der Waals surface area contributed by atoms with E-state index in [4.69, 9.17) is 0 Å². The van der Waals surface area contributed by atoms with Gasteiger partial charge in [-0.1, -0.05) is 38.0 Å². The van der Waals surface area contributed by atoms with Gasteiger partial charge in [0, 0.05) is 12.8 Å². The maximum atomic E-state index is 12.1. The third-order valence-corrected chi connectivity index (χ3v) is 5.25. The van der Waals surface area contributed by atoms with Gasteiger partial charge in [0.05, 0.1) is 0 Å². The predicted octanol–water partition coefficient (Wildman–Crippen LogP) is 3.24. The number of carbonyl (C=O) groups excluding carboxylic acids is 1. The highest BCUT2D eigenvalue weighted by molar-refractivity contribution is 7.15.